The molecule has 1 aromatic carbocycles. The molecule has 0 aliphatic rings. The van der Waals surface area contributed by atoms with Crippen molar-refractivity contribution in [3.8, 4) is 0 Å². The summed E-state index contributed by atoms with van der Waals surface area (Å²) < 4.78 is 0. The number of H-pyrrole nitrogens is 1. The van der Waals surface area contributed by atoms with Gasteiger partial charge in [-0.25, -0.2) is 4.98 Å². The maximum absolute atomic E-state index is 12.9. The van der Waals surface area contributed by atoms with Crippen molar-refractivity contribution in [1.29, 1.82) is 0 Å². The molecule has 3 rings (SSSR count). The summed E-state index contributed by atoms with van der Waals surface area (Å²) >= 11 is 0. The first kappa shape index (κ1) is 13.6. The number of hydrogen-bond acceptors (Lipinski definition) is 2. The second-order valence-electron chi connectivity index (χ2n) is 6.23. The quantitative estimate of drug-likeness (QED) is 0.717. The first-order valence-electron chi connectivity index (χ1n) is 7.05. The van der Waals surface area contributed by atoms with Gasteiger partial charge in [0.25, 0.3) is 0 Å². The van der Waals surface area contributed by atoms with Crippen molar-refractivity contribution in [2.24, 2.45) is 0 Å². The summed E-state index contributed by atoms with van der Waals surface area (Å²) in [5, 5.41) is 0.867. The number of aromatic nitrogens is 2. The summed E-state index contributed by atoms with van der Waals surface area (Å²) in [6, 6.07) is 11.6. The highest BCUT2D eigenvalue weighted by atomic mass is 16.1. The molecule has 2 aromatic heterocycles. The average Bonchev–Trinajstić information content (AvgIpc) is 2.89. The van der Waals surface area contributed by atoms with E-state index in [1.54, 1.807) is 12.4 Å². The summed E-state index contributed by atoms with van der Waals surface area (Å²) in [6.07, 6.45) is 3.47. The number of carbonyl (C=O) groups is 1. The molecule has 0 atom stereocenters. The third-order valence-corrected chi connectivity index (χ3v) is 3.68. The van der Waals surface area contributed by atoms with Crippen LogP contribution in [0, 0.1) is 0 Å². The molecule has 0 aliphatic carbocycles. The van der Waals surface area contributed by atoms with Crippen molar-refractivity contribution in [3.63, 3.8) is 0 Å². The lowest BCUT2D eigenvalue weighted by Gasteiger charge is -2.22. The summed E-state index contributed by atoms with van der Waals surface area (Å²) in [4.78, 5) is 20.2. The van der Waals surface area contributed by atoms with Gasteiger partial charge in [0.1, 0.15) is 5.65 Å². The Morgan fingerprint density at radius 2 is 1.81 bits per heavy atom. The Morgan fingerprint density at radius 3 is 2.57 bits per heavy atom. The smallest absolute Gasteiger partial charge is 0.195 e. The molecule has 3 aromatic rings. The Kier molecular flexibility index (Phi) is 3.13. The van der Waals surface area contributed by atoms with Crippen LogP contribution in [0.25, 0.3) is 11.0 Å². The number of benzene rings is 1. The zero-order chi connectivity index (χ0) is 15.0. The number of nitrogens with one attached hydrogen (secondary N) is 1. The number of pyridine rings is 1. The predicted octanol–water partition coefficient (Wildman–Crippen LogP) is 4.09. The van der Waals surface area contributed by atoms with Gasteiger partial charge in [0.15, 0.2) is 5.78 Å². The molecule has 0 spiro atoms. The highest BCUT2D eigenvalue weighted by Gasteiger charge is 2.23. The fourth-order valence-electron chi connectivity index (χ4n) is 2.62. The molecular formula is C18H18N2O. The number of nitrogens with zero attached hydrogens (tertiary/aromatic N) is 1. The zero-order valence-corrected chi connectivity index (χ0v) is 12.5. The Balaban J connectivity index is 2.16. The minimum atomic E-state index is -0.0728. The second kappa shape index (κ2) is 4.85. The fraction of sp³-hybridized carbons (Fsp3) is 0.222. The molecule has 0 amide bonds. The molecule has 0 bridgehead atoms. The van der Waals surface area contributed by atoms with Crippen LogP contribution < -0.4 is 0 Å². The maximum Gasteiger partial charge on any atom is 0.195 e. The minimum absolute atomic E-state index is 0.0415. The first-order chi connectivity index (χ1) is 9.98. The highest BCUT2D eigenvalue weighted by Crippen LogP contribution is 2.28. The van der Waals surface area contributed by atoms with Crippen LogP contribution in [0.1, 0.15) is 42.3 Å². The van der Waals surface area contributed by atoms with Crippen molar-refractivity contribution >= 4 is 16.8 Å². The van der Waals surface area contributed by atoms with Gasteiger partial charge in [-0.15, -0.1) is 0 Å². The van der Waals surface area contributed by atoms with E-state index >= 15 is 0 Å². The lowest BCUT2D eigenvalue weighted by atomic mass is 9.82. The summed E-state index contributed by atoms with van der Waals surface area (Å²) in [7, 11) is 0. The maximum atomic E-state index is 12.9. The molecule has 0 radical (unpaired) electrons. The molecular weight excluding hydrogens is 260 g/mol. The molecule has 0 saturated carbocycles. The van der Waals surface area contributed by atoms with E-state index in [0.29, 0.717) is 5.56 Å². The van der Waals surface area contributed by atoms with Gasteiger partial charge in [0.2, 0.25) is 0 Å². The number of aromatic amines is 1. The molecule has 0 aliphatic heterocycles. The van der Waals surface area contributed by atoms with Gasteiger partial charge < -0.3 is 4.98 Å². The minimum Gasteiger partial charge on any atom is -0.345 e. The van der Waals surface area contributed by atoms with Gasteiger partial charge in [-0.1, -0.05) is 45.0 Å². The van der Waals surface area contributed by atoms with Gasteiger partial charge in [-0.05, 0) is 23.1 Å². The normalized spacial score (nSPS) is 11.8. The van der Waals surface area contributed by atoms with E-state index in [-0.39, 0.29) is 11.2 Å². The van der Waals surface area contributed by atoms with Crippen LogP contribution in [0.4, 0.5) is 0 Å². The van der Waals surface area contributed by atoms with Crippen molar-refractivity contribution in [2.45, 2.75) is 26.2 Å². The van der Waals surface area contributed by atoms with Gasteiger partial charge in [-0.2, -0.15) is 0 Å². The number of fused-ring (bicyclic) bond motifs is 1. The van der Waals surface area contributed by atoms with Crippen LogP contribution in [-0.4, -0.2) is 15.8 Å². The van der Waals surface area contributed by atoms with E-state index in [1.807, 2.05) is 36.4 Å². The molecule has 21 heavy (non-hydrogen) atoms. The van der Waals surface area contributed by atoms with E-state index in [2.05, 4.69) is 30.7 Å². The third kappa shape index (κ3) is 2.35. The lowest BCUT2D eigenvalue weighted by Crippen LogP contribution is -2.17. The molecule has 106 valence electrons. The average molecular weight is 278 g/mol. The Labute approximate surface area is 124 Å². The standard InChI is InChI=1S/C18H18N2O/c1-18(2,3)15-9-5-4-7-13(15)16(21)14-11-20-17-12(14)8-6-10-19-17/h4-11H,1-3H3,(H,19,20). The van der Waals surface area contributed by atoms with Crippen LogP contribution in [0.2, 0.25) is 0 Å². The summed E-state index contributed by atoms with van der Waals surface area (Å²) in [5.74, 6) is 0.0415. The Hall–Kier alpha value is -2.42. The monoisotopic (exact) mass is 278 g/mol. The van der Waals surface area contributed by atoms with E-state index in [0.717, 1.165) is 22.2 Å². The molecule has 0 saturated heterocycles. The van der Waals surface area contributed by atoms with Crippen LogP contribution in [0.15, 0.2) is 48.8 Å². The second-order valence-corrected chi connectivity index (χ2v) is 6.23. The highest BCUT2D eigenvalue weighted by molar-refractivity contribution is 6.16. The van der Waals surface area contributed by atoms with Gasteiger partial charge in [-0.3, -0.25) is 4.79 Å². The summed E-state index contributed by atoms with van der Waals surface area (Å²) in [5.41, 5.74) is 3.17. The number of rotatable bonds is 2. The fourth-order valence-corrected chi connectivity index (χ4v) is 2.62. The molecule has 1 N–H and O–H groups in total. The molecule has 3 nitrogen and oxygen atoms in total. The van der Waals surface area contributed by atoms with Gasteiger partial charge >= 0.3 is 0 Å². The van der Waals surface area contributed by atoms with Crippen molar-refractivity contribution in [2.75, 3.05) is 0 Å². The van der Waals surface area contributed by atoms with Gasteiger partial charge in [0, 0.05) is 28.9 Å². The zero-order valence-electron chi connectivity index (χ0n) is 12.5. The van der Waals surface area contributed by atoms with Crippen molar-refractivity contribution < 1.29 is 4.79 Å². The molecule has 0 fully saturated rings. The van der Waals surface area contributed by atoms with Crippen LogP contribution >= 0.6 is 0 Å². The Bertz CT molecular complexity index is 809. The number of carbonyl (C=O) groups excluding carboxylic acids is 1. The van der Waals surface area contributed by atoms with E-state index in [9.17, 15) is 4.79 Å². The number of ketones is 1. The van der Waals surface area contributed by atoms with Crippen LogP contribution in [0.5, 0.6) is 0 Å². The van der Waals surface area contributed by atoms with Crippen LogP contribution in [-0.2, 0) is 5.41 Å². The van der Waals surface area contributed by atoms with E-state index < -0.39 is 0 Å². The lowest BCUT2D eigenvalue weighted by molar-refractivity contribution is 0.103. The molecule has 3 heteroatoms. The topological polar surface area (TPSA) is 45.8 Å². The van der Waals surface area contributed by atoms with E-state index in [1.165, 1.54) is 0 Å². The largest absolute Gasteiger partial charge is 0.345 e. The van der Waals surface area contributed by atoms with E-state index in [4.69, 9.17) is 0 Å². The van der Waals surface area contributed by atoms with Crippen molar-refractivity contribution in [3.05, 3.63) is 65.5 Å². The number of hydrogen-bond donors (Lipinski definition) is 1. The van der Waals surface area contributed by atoms with Crippen molar-refractivity contribution in [1.82, 2.24) is 9.97 Å². The first-order valence-corrected chi connectivity index (χ1v) is 7.05. The molecule has 2 heterocycles. The predicted molar refractivity (Wildman–Crippen MR) is 84.7 cm³/mol. The van der Waals surface area contributed by atoms with Crippen LogP contribution in [0.3, 0.4) is 0 Å². The van der Waals surface area contributed by atoms with Gasteiger partial charge in [0.05, 0.1) is 0 Å². The summed E-state index contributed by atoms with van der Waals surface area (Å²) in [6.45, 7) is 6.36. The Morgan fingerprint density at radius 1 is 1.05 bits per heavy atom. The SMILES string of the molecule is CC(C)(C)c1ccccc1C(=O)c1c[nH]c2ncccc12. The third-order valence-electron chi connectivity index (χ3n) is 3.68. The molecule has 0 unspecified atom stereocenters.